The maximum Gasteiger partial charge on any atom is 0.236 e. The van der Waals surface area contributed by atoms with E-state index in [4.69, 9.17) is 65.2 Å². The number of hydrogen-bond acceptors (Lipinski definition) is 14. The lowest BCUT2D eigenvalue weighted by Gasteiger charge is -2.24. The van der Waals surface area contributed by atoms with Crippen LogP contribution in [-0.2, 0) is 14.2 Å². The Hall–Kier alpha value is -4.31. The lowest BCUT2D eigenvalue weighted by Crippen LogP contribution is -2.16. The van der Waals surface area contributed by atoms with E-state index in [9.17, 15) is 0 Å². The summed E-state index contributed by atoms with van der Waals surface area (Å²) in [5.41, 5.74) is 21.2. The van der Waals surface area contributed by atoms with Gasteiger partial charge >= 0.3 is 0 Å². The van der Waals surface area contributed by atoms with Gasteiger partial charge < -0.3 is 30.4 Å². The van der Waals surface area contributed by atoms with Gasteiger partial charge in [0.1, 0.15) is 0 Å². The van der Waals surface area contributed by atoms with Gasteiger partial charge in [0.05, 0.1) is 41.8 Å². The average molecular weight is 852 g/mol. The van der Waals surface area contributed by atoms with E-state index < -0.39 is 0 Å². The van der Waals surface area contributed by atoms with Gasteiger partial charge in [-0.25, -0.2) is 0 Å². The number of hydrogen-bond donors (Lipinski definition) is 2. The number of aromatic nitrogens is 8. The molecule has 17 heteroatoms. The molecule has 3 aliphatic rings. The maximum atomic E-state index is 6.23. The predicted octanol–water partition coefficient (Wildman–Crippen LogP) is 8.38. The Kier molecular flexibility index (Phi) is 15.7. The van der Waals surface area contributed by atoms with Crippen molar-refractivity contribution in [3.63, 3.8) is 0 Å². The summed E-state index contributed by atoms with van der Waals surface area (Å²) in [5, 5.41) is 25.8. The van der Waals surface area contributed by atoms with E-state index in [0.29, 0.717) is 57.1 Å². The van der Waals surface area contributed by atoms with E-state index in [1.54, 1.807) is 18.5 Å². The van der Waals surface area contributed by atoms with Gasteiger partial charge in [0, 0.05) is 67.7 Å². The number of pyridine rings is 2. The largest absolute Gasteiger partial charge is 0.477 e. The maximum absolute atomic E-state index is 6.23. The van der Waals surface area contributed by atoms with Crippen LogP contribution in [-0.4, -0.2) is 86.8 Å². The molecule has 14 nitrogen and oxygen atoms in total. The highest BCUT2D eigenvalue weighted by atomic mass is 35.5. The van der Waals surface area contributed by atoms with E-state index in [2.05, 4.69) is 46.6 Å². The number of halogens is 3. The lowest BCUT2D eigenvalue weighted by molar-refractivity contribution is 0.0844. The molecule has 58 heavy (non-hydrogen) atoms. The summed E-state index contributed by atoms with van der Waals surface area (Å²) in [7, 11) is 0. The fourth-order valence-corrected chi connectivity index (χ4v) is 7.82. The number of nitrogen functional groups attached to an aromatic ring is 2. The fraction of sp³-hybridized carbons (Fsp3) is 0.463. The normalized spacial score (nSPS) is 16.4. The minimum atomic E-state index is 0.370. The molecule has 3 fully saturated rings. The zero-order valence-corrected chi connectivity index (χ0v) is 35.2. The highest BCUT2D eigenvalue weighted by Gasteiger charge is 2.24. The molecule has 0 atom stereocenters. The molecule has 0 saturated carbocycles. The Labute approximate surface area is 353 Å². The highest BCUT2D eigenvalue weighted by molar-refractivity contribution is 6.31. The van der Waals surface area contributed by atoms with Crippen molar-refractivity contribution in [3.8, 4) is 28.4 Å². The molecule has 0 unspecified atom stereocenters. The molecule has 0 amide bonds. The van der Waals surface area contributed by atoms with Crippen LogP contribution in [0.25, 0.3) is 22.5 Å². The Bertz CT molecular complexity index is 2130. The van der Waals surface area contributed by atoms with Gasteiger partial charge in [0.15, 0.2) is 15.5 Å². The smallest absolute Gasteiger partial charge is 0.236 e. The molecule has 0 aliphatic carbocycles. The van der Waals surface area contributed by atoms with Crippen LogP contribution >= 0.6 is 34.8 Å². The van der Waals surface area contributed by atoms with Crippen LogP contribution in [0.5, 0.6) is 5.88 Å². The molecule has 3 saturated heterocycles. The van der Waals surface area contributed by atoms with E-state index in [1.165, 1.54) is 0 Å². The van der Waals surface area contributed by atoms with Crippen LogP contribution in [0.2, 0.25) is 15.5 Å². The molecule has 0 radical (unpaired) electrons. The Balaban J connectivity index is 0.000000151. The standard InChI is InChI=1S/C17H22N4O2.C15H17ClN4O.C9H10Cl2N2O/c1-3-23-17-15(12-4-6-22-7-5-12)9-16(20-21-17)14-8-13(18)10-19-11(14)2;1-9-12(6-11(17)8-18-9)14-7-13(15(16)20-19-14)10-2-4-21-5-3-10;10-8-5-7(9(11)13-12-8)6-1-3-14-4-2-6/h8-10,12H,3-7,18H2,1-2H3;6-8,10H,2-5,17H2,1H3;5-6H,1-4H2. The summed E-state index contributed by atoms with van der Waals surface area (Å²) in [6, 6.07) is 9.63. The summed E-state index contributed by atoms with van der Waals surface area (Å²) in [5.74, 6) is 1.78. The first-order chi connectivity index (χ1) is 28.1. The Morgan fingerprint density at radius 1 is 0.569 bits per heavy atom. The van der Waals surface area contributed by atoms with E-state index in [1.807, 2.05) is 39.0 Å². The van der Waals surface area contributed by atoms with Crippen LogP contribution in [0.15, 0.2) is 42.7 Å². The molecule has 5 aromatic rings. The first-order valence-electron chi connectivity index (χ1n) is 19.5. The summed E-state index contributed by atoms with van der Waals surface area (Å²) in [4.78, 5) is 8.59. The quantitative estimate of drug-likeness (QED) is 0.159. The number of aryl methyl sites for hydroxylation is 2. The third-order valence-electron chi connectivity index (χ3n) is 10.3. The zero-order chi connectivity index (χ0) is 41.0. The van der Waals surface area contributed by atoms with Gasteiger partial charge in [-0.2, -0.15) is 0 Å². The summed E-state index contributed by atoms with van der Waals surface area (Å²) in [6.07, 6.45) is 9.10. The summed E-state index contributed by atoms with van der Waals surface area (Å²) in [6.45, 7) is 11.0. The molecule has 8 rings (SSSR count). The van der Waals surface area contributed by atoms with Crippen molar-refractivity contribution in [2.75, 3.05) is 57.7 Å². The van der Waals surface area contributed by atoms with Crippen LogP contribution in [0.3, 0.4) is 0 Å². The second kappa shape index (κ2) is 21.1. The van der Waals surface area contributed by atoms with Crippen molar-refractivity contribution in [2.24, 2.45) is 0 Å². The first-order valence-corrected chi connectivity index (χ1v) is 20.6. The SMILES string of the molecule is CCOc1nnc(-c2cc(N)cnc2C)cc1C1CCOCC1.Cc1ncc(N)cc1-c1cc(C2CCOCC2)c(Cl)nn1.Clc1cc(C2CCOCC2)c(Cl)nn1. The van der Waals surface area contributed by atoms with E-state index in [0.717, 1.165) is 129 Å². The van der Waals surface area contributed by atoms with Crippen molar-refractivity contribution in [3.05, 3.63) is 86.3 Å². The third-order valence-corrected chi connectivity index (χ3v) is 11.1. The molecule has 0 aromatic carbocycles. The summed E-state index contributed by atoms with van der Waals surface area (Å²) >= 11 is 18.0. The number of nitrogens with zero attached hydrogens (tertiary/aromatic N) is 8. The van der Waals surface area contributed by atoms with Gasteiger partial charge in [-0.15, -0.1) is 30.6 Å². The number of nitrogens with two attached hydrogens (primary N) is 2. The van der Waals surface area contributed by atoms with Gasteiger partial charge in [-0.05, 0) is 119 Å². The van der Waals surface area contributed by atoms with Crippen LogP contribution in [0.4, 0.5) is 11.4 Å². The molecule has 5 aromatic heterocycles. The average Bonchev–Trinajstić information content (AvgIpc) is 3.25. The minimum Gasteiger partial charge on any atom is -0.477 e. The predicted molar refractivity (Wildman–Crippen MR) is 225 cm³/mol. The van der Waals surface area contributed by atoms with Gasteiger partial charge in [0.25, 0.3) is 0 Å². The van der Waals surface area contributed by atoms with Gasteiger partial charge in [-0.1, -0.05) is 34.8 Å². The lowest BCUT2D eigenvalue weighted by atomic mass is 9.91. The van der Waals surface area contributed by atoms with Crippen LogP contribution < -0.4 is 16.2 Å². The Morgan fingerprint density at radius 3 is 1.47 bits per heavy atom. The number of anilines is 2. The van der Waals surface area contributed by atoms with Crippen molar-refractivity contribution in [2.45, 2.75) is 77.0 Å². The second-order valence-corrected chi connectivity index (χ2v) is 15.4. The molecule has 308 valence electrons. The van der Waals surface area contributed by atoms with Gasteiger partial charge in [0.2, 0.25) is 5.88 Å². The number of ether oxygens (including phenoxy) is 4. The van der Waals surface area contributed by atoms with Crippen LogP contribution in [0, 0.1) is 13.8 Å². The van der Waals surface area contributed by atoms with Crippen molar-refractivity contribution < 1.29 is 18.9 Å². The topological polar surface area (TPSA) is 192 Å². The fourth-order valence-electron chi connectivity index (χ4n) is 7.17. The minimum absolute atomic E-state index is 0.370. The molecule has 4 N–H and O–H groups in total. The molecule has 8 heterocycles. The molecule has 0 bridgehead atoms. The molecule has 3 aliphatic heterocycles. The highest BCUT2D eigenvalue weighted by Crippen LogP contribution is 2.36. The van der Waals surface area contributed by atoms with E-state index >= 15 is 0 Å². The third kappa shape index (κ3) is 11.5. The second-order valence-electron chi connectivity index (χ2n) is 14.3. The molecular weight excluding hydrogens is 803 g/mol. The number of rotatable bonds is 7. The van der Waals surface area contributed by atoms with Crippen molar-refractivity contribution in [1.82, 2.24) is 40.6 Å². The van der Waals surface area contributed by atoms with Gasteiger partial charge in [-0.3, -0.25) is 9.97 Å². The van der Waals surface area contributed by atoms with Crippen molar-refractivity contribution in [1.29, 1.82) is 0 Å². The first kappa shape index (κ1) is 43.3. The summed E-state index contributed by atoms with van der Waals surface area (Å²) < 4.78 is 21.8. The Morgan fingerprint density at radius 2 is 0.983 bits per heavy atom. The van der Waals surface area contributed by atoms with E-state index in [-0.39, 0.29) is 0 Å². The van der Waals surface area contributed by atoms with Crippen LogP contribution in [0.1, 0.15) is 91.3 Å². The monoisotopic (exact) mass is 850 g/mol. The molecule has 0 spiro atoms. The van der Waals surface area contributed by atoms with Crippen molar-refractivity contribution >= 4 is 46.2 Å². The molecular formula is C41H49Cl3N10O4. The zero-order valence-electron chi connectivity index (χ0n) is 33.0.